The first-order chi connectivity index (χ1) is 12.6. The highest BCUT2D eigenvalue weighted by atomic mass is 19.3. The Balaban J connectivity index is 1.90. The normalized spacial score (nSPS) is 10.8. The van der Waals surface area contributed by atoms with Crippen LogP contribution in [-0.2, 0) is 6.42 Å². The van der Waals surface area contributed by atoms with Crippen molar-refractivity contribution in [1.29, 1.82) is 0 Å². The summed E-state index contributed by atoms with van der Waals surface area (Å²) in [5.74, 6) is 0.122. The van der Waals surface area contributed by atoms with Crippen LogP contribution in [0, 0.1) is 0 Å². The molecule has 0 aliphatic rings. The quantitative estimate of drug-likeness (QED) is 0.731. The van der Waals surface area contributed by atoms with E-state index >= 15 is 0 Å². The number of hydrogen-bond donors (Lipinski definition) is 1. The molecule has 134 valence electrons. The monoisotopic (exact) mass is 358 g/mol. The minimum Gasteiger partial charge on any atom is -0.493 e. The lowest BCUT2D eigenvalue weighted by atomic mass is 10.0. The molecule has 1 aromatic heterocycles. The predicted molar refractivity (Wildman–Crippen MR) is 92.7 cm³/mol. The van der Waals surface area contributed by atoms with Crippen molar-refractivity contribution in [2.24, 2.45) is 0 Å². The van der Waals surface area contributed by atoms with E-state index < -0.39 is 6.61 Å². The van der Waals surface area contributed by atoms with Crippen LogP contribution in [0.2, 0.25) is 0 Å². The van der Waals surface area contributed by atoms with E-state index in [-0.39, 0.29) is 17.1 Å². The molecular weight excluding hydrogens is 342 g/mol. The molecule has 0 unspecified atom stereocenters. The molecule has 3 rings (SSSR count). The number of nitrogens with zero attached hydrogens (tertiary/aromatic N) is 1. The molecule has 0 saturated heterocycles. The van der Waals surface area contributed by atoms with Crippen LogP contribution >= 0.6 is 0 Å². The summed E-state index contributed by atoms with van der Waals surface area (Å²) in [5, 5.41) is 6.56. The van der Waals surface area contributed by atoms with Crippen molar-refractivity contribution in [1.82, 2.24) is 10.2 Å². The summed E-state index contributed by atoms with van der Waals surface area (Å²) in [4.78, 5) is 12.1. The molecule has 0 radical (unpaired) electrons. The fourth-order valence-electron chi connectivity index (χ4n) is 2.57. The van der Waals surface area contributed by atoms with Gasteiger partial charge in [0, 0.05) is 17.5 Å². The number of nitrogens with one attached hydrogen (secondary N) is 1. The Hall–Kier alpha value is -3.22. The van der Waals surface area contributed by atoms with Gasteiger partial charge in [-0.3, -0.25) is 4.79 Å². The SMILES string of the molecule is COc1cc(Cc2cc(-c3ccccc3)n[nH]c2=O)ccc1OC(F)F. The second-order valence-electron chi connectivity index (χ2n) is 5.51. The van der Waals surface area contributed by atoms with Gasteiger partial charge < -0.3 is 9.47 Å². The molecule has 1 heterocycles. The van der Waals surface area contributed by atoms with Gasteiger partial charge in [-0.15, -0.1) is 0 Å². The van der Waals surface area contributed by atoms with Gasteiger partial charge in [0.15, 0.2) is 11.5 Å². The van der Waals surface area contributed by atoms with Gasteiger partial charge in [0.05, 0.1) is 12.8 Å². The fraction of sp³-hybridized carbons (Fsp3) is 0.158. The average Bonchev–Trinajstić information content (AvgIpc) is 2.65. The van der Waals surface area contributed by atoms with Crippen LogP contribution in [-0.4, -0.2) is 23.9 Å². The number of aromatic amines is 1. The van der Waals surface area contributed by atoms with Gasteiger partial charge >= 0.3 is 6.61 Å². The number of halogens is 2. The molecule has 26 heavy (non-hydrogen) atoms. The number of H-pyrrole nitrogens is 1. The topological polar surface area (TPSA) is 64.2 Å². The molecule has 0 aliphatic heterocycles. The number of aromatic nitrogens is 2. The van der Waals surface area contributed by atoms with Gasteiger partial charge in [-0.2, -0.15) is 13.9 Å². The molecule has 0 spiro atoms. The van der Waals surface area contributed by atoms with Crippen LogP contribution < -0.4 is 15.0 Å². The van der Waals surface area contributed by atoms with E-state index in [4.69, 9.17) is 4.74 Å². The minimum absolute atomic E-state index is 0.0557. The van der Waals surface area contributed by atoms with E-state index in [9.17, 15) is 13.6 Å². The van der Waals surface area contributed by atoms with Crippen LogP contribution in [0.25, 0.3) is 11.3 Å². The lowest BCUT2D eigenvalue weighted by Gasteiger charge is -2.11. The zero-order chi connectivity index (χ0) is 18.5. The number of ether oxygens (including phenoxy) is 2. The third-order valence-corrected chi connectivity index (χ3v) is 3.79. The Bertz CT molecular complexity index is 943. The molecule has 0 amide bonds. The van der Waals surface area contributed by atoms with Crippen molar-refractivity contribution in [3.8, 4) is 22.8 Å². The first-order valence-electron chi connectivity index (χ1n) is 7.82. The van der Waals surface area contributed by atoms with Crippen molar-refractivity contribution >= 4 is 0 Å². The van der Waals surface area contributed by atoms with E-state index in [0.717, 1.165) is 11.1 Å². The van der Waals surface area contributed by atoms with Crippen molar-refractivity contribution in [3.05, 3.63) is 76.1 Å². The number of benzene rings is 2. The molecular formula is C19H16F2N2O3. The number of hydrogen-bond acceptors (Lipinski definition) is 4. The molecule has 3 aromatic rings. The molecule has 2 aromatic carbocycles. The molecule has 5 nitrogen and oxygen atoms in total. The summed E-state index contributed by atoms with van der Waals surface area (Å²) in [7, 11) is 1.37. The van der Waals surface area contributed by atoms with E-state index in [0.29, 0.717) is 17.7 Å². The van der Waals surface area contributed by atoms with Crippen LogP contribution in [0.5, 0.6) is 11.5 Å². The smallest absolute Gasteiger partial charge is 0.387 e. The standard InChI is InChI=1S/C19H16F2N2O3/c1-25-17-10-12(7-8-16(17)26-19(20)21)9-14-11-15(22-23-18(14)24)13-5-3-2-4-6-13/h2-8,10-11,19H,9H2,1H3,(H,23,24). The Morgan fingerprint density at radius 3 is 2.54 bits per heavy atom. The maximum absolute atomic E-state index is 12.4. The fourth-order valence-corrected chi connectivity index (χ4v) is 2.57. The maximum atomic E-state index is 12.4. The summed E-state index contributed by atoms with van der Waals surface area (Å²) in [6.45, 7) is -2.94. The average molecular weight is 358 g/mol. The molecule has 0 aliphatic carbocycles. The van der Waals surface area contributed by atoms with Crippen LogP contribution in [0.3, 0.4) is 0 Å². The molecule has 0 saturated carbocycles. The van der Waals surface area contributed by atoms with Gasteiger partial charge in [0.2, 0.25) is 0 Å². The van der Waals surface area contributed by atoms with Crippen molar-refractivity contribution < 1.29 is 18.3 Å². The molecule has 0 bridgehead atoms. The molecule has 7 heteroatoms. The lowest BCUT2D eigenvalue weighted by Crippen LogP contribution is -2.15. The Kier molecular flexibility index (Phi) is 5.26. The minimum atomic E-state index is -2.94. The van der Waals surface area contributed by atoms with Gasteiger partial charge in [0.25, 0.3) is 5.56 Å². The zero-order valence-corrected chi connectivity index (χ0v) is 13.9. The van der Waals surface area contributed by atoms with Gasteiger partial charge in [-0.25, -0.2) is 5.10 Å². The van der Waals surface area contributed by atoms with E-state index in [1.807, 2.05) is 30.3 Å². The van der Waals surface area contributed by atoms with E-state index in [1.165, 1.54) is 13.2 Å². The third kappa shape index (κ3) is 4.05. The molecule has 0 fully saturated rings. The van der Waals surface area contributed by atoms with Crippen LogP contribution in [0.4, 0.5) is 8.78 Å². The first kappa shape index (κ1) is 17.6. The summed E-state index contributed by atoms with van der Waals surface area (Å²) in [6.07, 6.45) is 0.295. The van der Waals surface area contributed by atoms with Crippen LogP contribution in [0.15, 0.2) is 59.4 Å². The number of methoxy groups -OCH3 is 1. The highest BCUT2D eigenvalue weighted by Gasteiger charge is 2.12. The summed E-state index contributed by atoms with van der Waals surface area (Å²) < 4.78 is 34.3. The highest BCUT2D eigenvalue weighted by molar-refractivity contribution is 5.59. The lowest BCUT2D eigenvalue weighted by molar-refractivity contribution is -0.0512. The molecule has 0 atom stereocenters. The maximum Gasteiger partial charge on any atom is 0.387 e. The van der Waals surface area contributed by atoms with E-state index in [1.54, 1.807) is 18.2 Å². The second-order valence-corrected chi connectivity index (χ2v) is 5.51. The van der Waals surface area contributed by atoms with Gasteiger partial charge in [-0.05, 0) is 23.8 Å². The van der Waals surface area contributed by atoms with Crippen molar-refractivity contribution in [3.63, 3.8) is 0 Å². The van der Waals surface area contributed by atoms with Crippen LogP contribution in [0.1, 0.15) is 11.1 Å². The van der Waals surface area contributed by atoms with Crippen molar-refractivity contribution in [2.45, 2.75) is 13.0 Å². The Morgan fingerprint density at radius 2 is 1.85 bits per heavy atom. The van der Waals surface area contributed by atoms with Gasteiger partial charge in [-0.1, -0.05) is 36.4 Å². The zero-order valence-electron chi connectivity index (χ0n) is 13.9. The molecule has 1 N–H and O–H groups in total. The summed E-state index contributed by atoms with van der Waals surface area (Å²) >= 11 is 0. The van der Waals surface area contributed by atoms with Crippen molar-refractivity contribution in [2.75, 3.05) is 7.11 Å². The second kappa shape index (κ2) is 7.77. The number of rotatable bonds is 6. The predicted octanol–water partition coefficient (Wildman–Crippen LogP) is 3.64. The summed E-state index contributed by atoms with van der Waals surface area (Å²) in [5.41, 5.74) is 2.44. The number of alkyl halides is 2. The van der Waals surface area contributed by atoms with E-state index in [2.05, 4.69) is 14.9 Å². The Morgan fingerprint density at radius 1 is 1.08 bits per heavy atom. The van der Waals surface area contributed by atoms with Gasteiger partial charge in [0.1, 0.15) is 0 Å². The largest absolute Gasteiger partial charge is 0.493 e. The summed E-state index contributed by atoms with van der Waals surface area (Å²) in [6, 6.07) is 15.7. The highest BCUT2D eigenvalue weighted by Crippen LogP contribution is 2.30. The third-order valence-electron chi connectivity index (χ3n) is 3.79. The Labute approximate surface area is 148 Å². The first-order valence-corrected chi connectivity index (χ1v) is 7.82.